The van der Waals surface area contributed by atoms with E-state index in [2.05, 4.69) is 0 Å². The molecular formula is C25H34N2O6. The lowest BCUT2D eigenvalue weighted by atomic mass is 10.00. The number of rotatable bonds is 13. The van der Waals surface area contributed by atoms with Gasteiger partial charge in [-0.3, -0.25) is 19.4 Å². The van der Waals surface area contributed by atoms with Gasteiger partial charge in [-0.05, 0) is 35.6 Å². The van der Waals surface area contributed by atoms with Gasteiger partial charge < -0.3 is 20.4 Å². The first-order chi connectivity index (χ1) is 15.6. The first-order valence-electron chi connectivity index (χ1n) is 11.1. The zero-order valence-electron chi connectivity index (χ0n) is 19.5. The number of aromatic hydroxyl groups is 2. The second-order valence-electron chi connectivity index (χ2n) is 8.57. The Balaban J connectivity index is 2.18. The smallest absolute Gasteiger partial charge is 0.317 e. The summed E-state index contributed by atoms with van der Waals surface area (Å²) in [7, 11) is 0. The fourth-order valence-corrected chi connectivity index (χ4v) is 3.65. The third kappa shape index (κ3) is 8.40. The highest BCUT2D eigenvalue weighted by Crippen LogP contribution is 2.25. The number of aliphatic carboxylic acids is 2. The molecule has 0 fully saturated rings. The third-order valence-electron chi connectivity index (χ3n) is 5.56. The van der Waals surface area contributed by atoms with E-state index >= 15 is 0 Å². The van der Waals surface area contributed by atoms with Gasteiger partial charge in [-0.1, -0.05) is 45.0 Å². The average Bonchev–Trinajstić information content (AvgIpc) is 2.73. The van der Waals surface area contributed by atoms with Crippen LogP contribution in [-0.4, -0.2) is 68.3 Å². The van der Waals surface area contributed by atoms with E-state index in [-0.39, 0.29) is 56.7 Å². The molecule has 0 unspecified atom stereocenters. The lowest BCUT2D eigenvalue weighted by Crippen LogP contribution is -2.39. The van der Waals surface area contributed by atoms with Crippen LogP contribution in [-0.2, 0) is 29.1 Å². The van der Waals surface area contributed by atoms with Crippen LogP contribution in [0.3, 0.4) is 0 Å². The molecule has 0 aliphatic carbocycles. The third-order valence-corrected chi connectivity index (χ3v) is 5.56. The van der Waals surface area contributed by atoms with Gasteiger partial charge >= 0.3 is 11.9 Å². The molecule has 33 heavy (non-hydrogen) atoms. The number of carboxylic acids is 2. The molecule has 0 spiro atoms. The molecule has 0 saturated heterocycles. The van der Waals surface area contributed by atoms with Crippen LogP contribution in [0.4, 0.5) is 0 Å². The first kappa shape index (κ1) is 26.2. The SMILES string of the molecule is CCc1ccc(O)c(CN(CCN(CC(=O)O)Cc2cc(C(C)C)ccc2O)CC(=O)O)c1. The van der Waals surface area contributed by atoms with Crippen molar-refractivity contribution in [3.8, 4) is 11.5 Å². The van der Waals surface area contributed by atoms with E-state index in [1.165, 1.54) is 0 Å². The number of hydrogen-bond donors (Lipinski definition) is 4. The minimum Gasteiger partial charge on any atom is -0.508 e. The molecule has 0 amide bonds. The summed E-state index contributed by atoms with van der Waals surface area (Å²) in [6.07, 6.45) is 0.789. The molecular weight excluding hydrogens is 424 g/mol. The Labute approximate surface area is 194 Å². The summed E-state index contributed by atoms with van der Waals surface area (Å²) >= 11 is 0. The van der Waals surface area contributed by atoms with Gasteiger partial charge in [0.25, 0.3) is 0 Å². The molecule has 2 aromatic carbocycles. The van der Waals surface area contributed by atoms with Crippen molar-refractivity contribution in [1.82, 2.24) is 9.80 Å². The van der Waals surface area contributed by atoms with Crippen LogP contribution in [0.25, 0.3) is 0 Å². The summed E-state index contributed by atoms with van der Waals surface area (Å²) in [6, 6.07) is 10.6. The van der Waals surface area contributed by atoms with Crippen LogP contribution >= 0.6 is 0 Å². The van der Waals surface area contributed by atoms with Crippen LogP contribution in [0, 0.1) is 0 Å². The van der Waals surface area contributed by atoms with E-state index in [1.807, 2.05) is 45.0 Å². The monoisotopic (exact) mass is 458 g/mol. The molecule has 0 aliphatic heterocycles. The molecule has 2 rings (SSSR count). The molecule has 180 valence electrons. The molecule has 0 bridgehead atoms. The van der Waals surface area contributed by atoms with Crippen LogP contribution in [0.1, 0.15) is 48.9 Å². The summed E-state index contributed by atoms with van der Waals surface area (Å²) in [5.41, 5.74) is 3.33. The van der Waals surface area contributed by atoms with E-state index in [4.69, 9.17) is 0 Å². The second-order valence-corrected chi connectivity index (χ2v) is 8.57. The number of phenolic OH excluding ortho intramolecular Hbond substituents is 2. The molecule has 0 heterocycles. The maximum atomic E-state index is 11.4. The quantitative estimate of drug-likeness (QED) is 0.361. The van der Waals surface area contributed by atoms with Crippen molar-refractivity contribution in [2.24, 2.45) is 0 Å². The zero-order chi connectivity index (χ0) is 24.5. The summed E-state index contributed by atoms with van der Waals surface area (Å²) in [5, 5.41) is 39.2. The summed E-state index contributed by atoms with van der Waals surface area (Å²) < 4.78 is 0. The molecule has 0 aliphatic rings. The van der Waals surface area contributed by atoms with Gasteiger partial charge in [-0.25, -0.2) is 0 Å². The van der Waals surface area contributed by atoms with E-state index in [1.54, 1.807) is 21.9 Å². The van der Waals surface area contributed by atoms with Crippen molar-refractivity contribution in [2.45, 2.75) is 46.2 Å². The van der Waals surface area contributed by atoms with Crippen LogP contribution < -0.4 is 0 Å². The van der Waals surface area contributed by atoms with Crippen molar-refractivity contribution >= 4 is 11.9 Å². The molecule has 2 aromatic rings. The van der Waals surface area contributed by atoms with Crippen molar-refractivity contribution < 1.29 is 30.0 Å². The molecule has 4 N–H and O–H groups in total. The Morgan fingerprint density at radius 1 is 0.818 bits per heavy atom. The maximum absolute atomic E-state index is 11.4. The fourth-order valence-electron chi connectivity index (χ4n) is 3.65. The molecule has 0 radical (unpaired) electrons. The maximum Gasteiger partial charge on any atom is 0.317 e. The minimum atomic E-state index is -1.01. The second kappa shape index (κ2) is 12.2. The highest BCUT2D eigenvalue weighted by molar-refractivity contribution is 5.69. The summed E-state index contributed by atoms with van der Waals surface area (Å²) in [5.74, 6) is -1.56. The predicted octanol–water partition coefficient (Wildman–Crippen LogP) is 3.26. The topological polar surface area (TPSA) is 122 Å². The number of aryl methyl sites for hydroxylation is 1. The fraction of sp³-hybridized carbons (Fsp3) is 0.440. The Kier molecular flexibility index (Phi) is 9.69. The van der Waals surface area contributed by atoms with E-state index in [9.17, 15) is 30.0 Å². The summed E-state index contributed by atoms with van der Waals surface area (Å²) in [6.45, 7) is 6.58. The summed E-state index contributed by atoms with van der Waals surface area (Å²) in [4.78, 5) is 26.2. The molecule has 8 heteroatoms. The molecule has 0 atom stereocenters. The number of carboxylic acid groups (broad SMARTS) is 2. The Bertz CT molecular complexity index is 960. The standard InChI is InChI=1S/C25H34N2O6/c1-4-18-5-7-22(28)20(11-18)13-26(15-24(30)31)9-10-27(16-25(32)33)14-21-12-19(17(2)3)6-8-23(21)29/h5-8,11-12,17,28-29H,4,9-10,13-16H2,1-3H3,(H,30,31)(H,32,33). The normalized spacial score (nSPS) is 11.5. The number of hydrogen-bond acceptors (Lipinski definition) is 6. The number of nitrogens with zero attached hydrogens (tertiary/aromatic N) is 2. The minimum absolute atomic E-state index is 0.0958. The van der Waals surface area contributed by atoms with E-state index in [0.717, 1.165) is 17.5 Å². The van der Waals surface area contributed by atoms with Crippen molar-refractivity contribution in [3.63, 3.8) is 0 Å². The van der Waals surface area contributed by atoms with Crippen LogP contribution in [0.15, 0.2) is 36.4 Å². The van der Waals surface area contributed by atoms with Crippen LogP contribution in [0.2, 0.25) is 0 Å². The first-order valence-corrected chi connectivity index (χ1v) is 11.1. The van der Waals surface area contributed by atoms with Gasteiger partial charge in [0.2, 0.25) is 0 Å². The molecule has 0 aromatic heterocycles. The molecule has 8 nitrogen and oxygen atoms in total. The van der Waals surface area contributed by atoms with Crippen molar-refractivity contribution in [3.05, 3.63) is 58.7 Å². The Morgan fingerprint density at radius 2 is 1.30 bits per heavy atom. The number of carbonyl (C=O) groups is 2. The number of phenols is 2. The number of benzene rings is 2. The van der Waals surface area contributed by atoms with Gasteiger partial charge in [0.1, 0.15) is 11.5 Å². The van der Waals surface area contributed by atoms with E-state index < -0.39 is 11.9 Å². The van der Waals surface area contributed by atoms with Crippen LogP contribution in [0.5, 0.6) is 11.5 Å². The van der Waals surface area contributed by atoms with Gasteiger partial charge in [-0.2, -0.15) is 0 Å². The van der Waals surface area contributed by atoms with Gasteiger partial charge in [0.15, 0.2) is 0 Å². The van der Waals surface area contributed by atoms with Gasteiger partial charge in [0.05, 0.1) is 13.1 Å². The predicted molar refractivity (Wildman–Crippen MR) is 126 cm³/mol. The Hall–Kier alpha value is -3.10. The lowest BCUT2D eigenvalue weighted by molar-refractivity contribution is -0.140. The largest absolute Gasteiger partial charge is 0.508 e. The highest BCUT2D eigenvalue weighted by atomic mass is 16.4. The lowest BCUT2D eigenvalue weighted by Gasteiger charge is -2.26. The van der Waals surface area contributed by atoms with Gasteiger partial charge in [0, 0.05) is 37.3 Å². The van der Waals surface area contributed by atoms with Gasteiger partial charge in [-0.15, -0.1) is 0 Å². The average molecular weight is 459 g/mol. The highest BCUT2D eigenvalue weighted by Gasteiger charge is 2.18. The van der Waals surface area contributed by atoms with Crippen molar-refractivity contribution in [1.29, 1.82) is 0 Å². The van der Waals surface area contributed by atoms with E-state index in [0.29, 0.717) is 11.1 Å². The molecule has 0 saturated carbocycles. The Morgan fingerprint density at radius 3 is 1.76 bits per heavy atom. The zero-order valence-corrected chi connectivity index (χ0v) is 19.5. The van der Waals surface area contributed by atoms with Crippen molar-refractivity contribution in [2.75, 3.05) is 26.2 Å².